The molecular formula is C18H22N2O. The number of hydrogen-bond acceptors (Lipinski definition) is 2. The summed E-state index contributed by atoms with van der Waals surface area (Å²) in [4.78, 5) is 18.0. The Morgan fingerprint density at radius 1 is 1.19 bits per heavy atom. The molecule has 2 aromatic rings. The zero-order valence-electron chi connectivity index (χ0n) is 12.9. The molecule has 0 bridgehead atoms. The van der Waals surface area contributed by atoms with E-state index in [1.54, 1.807) is 19.0 Å². The lowest BCUT2D eigenvalue weighted by Crippen LogP contribution is -2.24. The summed E-state index contributed by atoms with van der Waals surface area (Å²) in [5, 5.41) is 0. The smallest absolute Gasteiger partial charge is 0.222 e. The van der Waals surface area contributed by atoms with Gasteiger partial charge in [-0.05, 0) is 42.5 Å². The van der Waals surface area contributed by atoms with Crippen LogP contribution in [0.2, 0.25) is 0 Å². The van der Waals surface area contributed by atoms with Gasteiger partial charge in [0.15, 0.2) is 0 Å². The van der Waals surface area contributed by atoms with E-state index >= 15 is 0 Å². The number of benzene rings is 1. The van der Waals surface area contributed by atoms with E-state index in [2.05, 4.69) is 23.2 Å². The van der Waals surface area contributed by atoms with Gasteiger partial charge in [-0.25, -0.2) is 0 Å². The van der Waals surface area contributed by atoms with Crippen LogP contribution < -0.4 is 0 Å². The van der Waals surface area contributed by atoms with Crippen molar-refractivity contribution >= 4 is 5.91 Å². The van der Waals surface area contributed by atoms with E-state index in [0.717, 1.165) is 12.1 Å². The van der Waals surface area contributed by atoms with E-state index in [1.807, 2.05) is 37.4 Å². The number of amides is 1. The van der Waals surface area contributed by atoms with E-state index in [0.29, 0.717) is 6.42 Å². The summed E-state index contributed by atoms with van der Waals surface area (Å²) in [6.07, 6.45) is 3.21. The monoisotopic (exact) mass is 282 g/mol. The molecule has 0 saturated carbocycles. The molecule has 1 atom stereocenters. The van der Waals surface area contributed by atoms with E-state index in [9.17, 15) is 4.79 Å². The van der Waals surface area contributed by atoms with Gasteiger partial charge in [0.1, 0.15) is 0 Å². The van der Waals surface area contributed by atoms with Crippen LogP contribution in [0.1, 0.15) is 29.2 Å². The molecule has 0 aliphatic heterocycles. The van der Waals surface area contributed by atoms with Crippen LogP contribution in [0.25, 0.3) is 0 Å². The van der Waals surface area contributed by atoms with E-state index in [-0.39, 0.29) is 11.8 Å². The quantitative estimate of drug-likeness (QED) is 0.843. The second-order valence-electron chi connectivity index (χ2n) is 5.61. The fourth-order valence-electron chi connectivity index (χ4n) is 2.44. The van der Waals surface area contributed by atoms with Gasteiger partial charge in [-0.3, -0.25) is 9.78 Å². The van der Waals surface area contributed by atoms with Crippen molar-refractivity contribution in [1.29, 1.82) is 0 Å². The van der Waals surface area contributed by atoms with Gasteiger partial charge in [-0.2, -0.15) is 0 Å². The highest BCUT2D eigenvalue weighted by Crippen LogP contribution is 2.25. The summed E-state index contributed by atoms with van der Waals surface area (Å²) in [5.41, 5.74) is 3.45. The van der Waals surface area contributed by atoms with Gasteiger partial charge < -0.3 is 4.90 Å². The molecule has 2 rings (SSSR count). The molecule has 0 radical (unpaired) electrons. The molecule has 0 fully saturated rings. The predicted octanol–water partition coefficient (Wildman–Crippen LogP) is 3.19. The van der Waals surface area contributed by atoms with E-state index < -0.39 is 0 Å². The summed E-state index contributed by atoms with van der Waals surface area (Å²) in [7, 11) is 3.61. The van der Waals surface area contributed by atoms with Gasteiger partial charge in [0.05, 0.1) is 0 Å². The zero-order valence-corrected chi connectivity index (χ0v) is 12.9. The Morgan fingerprint density at radius 2 is 1.90 bits per heavy atom. The molecule has 110 valence electrons. The first-order chi connectivity index (χ1) is 10.1. The molecule has 0 N–H and O–H groups in total. The highest BCUT2D eigenvalue weighted by atomic mass is 16.2. The van der Waals surface area contributed by atoms with Crippen molar-refractivity contribution in [3.63, 3.8) is 0 Å². The Kier molecular flexibility index (Phi) is 5.09. The molecule has 1 amide bonds. The van der Waals surface area contributed by atoms with Crippen molar-refractivity contribution in [2.75, 3.05) is 14.1 Å². The number of nitrogens with zero attached hydrogens (tertiary/aromatic N) is 2. The molecule has 0 saturated heterocycles. The summed E-state index contributed by atoms with van der Waals surface area (Å²) in [5.74, 6) is 0.359. The molecule has 0 aliphatic carbocycles. The number of pyridine rings is 1. The molecular weight excluding hydrogens is 260 g/mol. The van der Waals surface area contributed by atoms with Crippen LogP contribution in [0.4, 0.5) is 0 Å². The second-order valence-corrected chi connectivity index (χ2v) is 5.61. The average molecular weight is 282 g/mol. The minimum absolute atomic E-state index is 0.162. The summed E-state index contributed by atoms with van der Waals surface area (Å²) in [6, 6.07) is 14.4. The SMILES string of the molecule is Cc1cc(CC(CC(=O)N(C)C)c2ccccc2)ccn1. The first kappa shape index (κ1) is 15.2. The number of carbonyl (C=O) groups excluding carboxylic acids is 1. The van der Waals surface area contributed by atoms with Crippen LogP contribution >= 0.6 is 0 Å². The lowest BCUT2D eigenvalue weighted by atomic mass is 9.89. The third-order valence-corrected chi connectivity index (χ3v) is 3.63. The second kappa shape index (κ2) is 7.02. The molecule has 3 nitrogen and oxygen atoms in total. The van der Waals surface area contributed by atoms with Crippen molar-refractivity contribution in [2.45, 2.75) is 25.7 Å². The van der Waals surface area contributed by atoms with Crippen molar-refractivity contribution in [2.24, 2.45) is 0 Å². The van der Waals surface area contributed by atoms with Crippen molar-refractivity contribution in [3.05, 3.63) is 65.5 Å². The van der Waals surface area contributed by atoms with Gasteiger partial charge in [-0.15, -0.1) is 0 Å². The molecule has 1 unspecified atom stereocenters. The highest BCUT2D eigenvalue weighted by molar-refractivity contribution is 5.76. The molecule has 1 aromatic carbocycles. The van der Waals surface area contributed by atoms with E-state index in [1.165, 1.54) is 11.1 Å². The Labute approximate surface area is 126 Å². The van der Waals surface area contributed by atoms with E-state index in [4.69, 9.17) is 0 Å². The third kappa shape index (κ3) is 4.42. The number of aryl methyl sites for hydroxylation is 1. The Morgan fingerprint density at radius 3 is 2.52 bits per heavy atom. The maximum absolute atomic E-state index is 12.1. The molecule has 3 heteroatoms. The normalized spacial score (nSPS) is 12.0. The number of rotatable bonds is 5. The van der Waals surface area contributed by atoms with Gasteiger partial charge >= 0.3 is 0 Å². The molecule has 1 heterocycles. The Balaban J connectivity index is 2.21. The van der Waals surface area contributed by atoms with Crippen LogP contribution in [-0.2, 0) is 11.2 Å². The van der Waals surface area contributed by atoms with Crippen LogP contribution in [0.15, 0.2) is 48.7 Å². The summed E-state index contributed by atoms with van der Waals surface area (Å²) < 4.78 is 0. The molecule has 21 heavy (non-hydrogen) atoms. The van der Waals surface area contributed by atoms with Crippen LogP contribution in [0, 0.1) is 6.92 Å². The minimum atomic E-state index is 0.162. The fraction of sp³-hybridized carbons (Fsp3) is 0.333. The Hall–Kier alpha value is -2.16. The number of carbonyl (C=O) groups is 1. The first-order valence-corrected chi connectivity index (χ1v) is 7.23. The van der Waals surface area contributed by atoms with Gasteiger partial charge in [-0.1, -0.05) is 30.3 Å². The number of hydrogen-bond donors (Lipinski definition) is 0. The van der Waals surface area contributed by atoms with Crippen LogP contribution in [0.5, 0.6) is 0 Å². The van der Waals surface area contributed by atoms with Crippen LogP contribution in [0.3, 0.4) is 0 Å². The van der Waals surface area contributed by atoms with Crippen molar-refractivity contribution < 1.29 is 4.79 Å². The minimum Gasteiger partial charge on any atom is -0.349 e. The highest BCUT2D eigenvalue weighted by Gasteiger charge is 2.17. The number of aromatic nitrogens is 1. The first-order valence-electron chi connectivity index (χ1n) is 7.23. The molecule has 0 spiro atoms. The summed E-state index contributed by atoms with van der Waals surface area (Å²) >= 11 is 0. The van der Waals surface area contributed by atoms with Gasteiger partial charge in [0.2, 0.25) is 5.91 Å². The summed E-state index contributed by atoms with van der Waals surface area (Å²) in [6.45, 7) is 1.99. The molecule has 1 aromatic heterocycles. The lowest BCUT2D eigenvalue weighted by Gasteiger charge is -2.19. The van der Waals surface area contributed by atoms with Crippen molar-refractivity contribution in [3.8, 4) is 0 Å². The molecule has 0 aliphatic rings. The maximum Gasteiger partial charge on any atom is 0.222 e. The third-order valence-electron chi connectivity index (χ3n) is 3.63. The maximum atomic E-state index is 12.1. The Bertz CT molecular complexity index is 593. The zero-order chi connectivity index (χ0) is 15.2. The standard InChI is InChI=1S/C18H22N2O/c1-14-11-15(9-10-19-14)12-17(13-18(21)20(2)3)16-7-5-4-6-8-16/h4-11,17H,12-13H2,1-3H3. The van der Waals surface area contributed by atoms with Gasteiger partial charge in [0.25, 0.3) is 0 Å². The topological polar surface area (TPSA) is 33.2 Å². The van der Waals surface area contributed by atoms with Gasteiger partial charge in [0, 0.05) is 32.4 Å². The fourth-order valence-corrected chi connectivity index (χ4v) is 2.44. The lowest BCUT2D eigenvalue weighted by molar-refractivity contribution is -0.129. The average Bonchev–Trinajstić information content (AvgIpc) is 2.47. The largest absolute Gasteiger partial charge is 0.349 e. The van der Waals surface area contributed by atoms with Crippen molar-refractivity contribution in [1.82, 2.24) is 9.88 Å². The predicted molar refractivity (Wildman–Crippen MR) is 85.2 cm³/mol. The van der Waals surface area contributed by atoms with Crippen LogP contribution in [-0.4, -0.2) is 29.9 Å².